The summed E-state index contributed by atoms with van der Waals surface area (Å²) in [6, 6.07) is 38.8. The van der Waals surface area contributed by atoms with Crippen LogP contribution in [0.25, 0.3) is 72.6 Å². The van der Waals surface area contributed by atoms with Crippen molar-refractivity contribution in [2.75, 3.05) is 0 Å². The summed E-state index contributed by atoms with van der Waals surface area (Å²) in [4.78, 5) is 22.0. The fourth-order valence-corrected chi connectivity index (χ4v) is 5.57. The van der Waals surface area contributed by atoms with Crippen LogP contribution in [-0.4, -0.2) is 29.5 Å². The molecular weight excluding hydrogens is 528 g/mol. The van der Waals surface area contributed by atoms with E-state index in [9.17, 15) is 0 Å². The number of nitrogens with one attached hydrogen (secondary N) is 1. The first kappa shape index (κ1) is 23.5. The van der Waals surface area contributed by atoms with Gasteiger partial charge in [0, 0.05) is 39.3 Å². The molecule has 0 radical (unpaired) electrons. The summed E-state index contributed by atoms with van der Waals surface area (Å²) in [7, 11) is 0. The molecular formula is C34H21ClN6. The largest absolute Gasteiger partial charge is 0.353 e. The molecule has 0 aliphatic heterocycles. The van der Waals surface area contributed by atoms with Crippen molar-refractivity contribution in [1.82, 2.24) is 29.5 Å². The lowest BCUT2D eigenvalue weighted by Gasteiger charge is -2.06. The van der Waals surface area contributed by atoms with Gasteiger partial charge in [0.2, 0.25) is 5.28 Å². The number of aromatic amines is 1. The van der Waals surface area contributed by atoms with Gasteiger partial charge in [-0.05, 0) is 54.1 Å². The van der Waals surface area contributed by atoms with E-state index in [1.807, 2.05) is 66.7 Å². The average Bonchev–Trinajstić information content (AvgIpc) is 3.63. The van der Waals surface area contributed by atoms with E-state index in [1.54, 1.807) is 0 Å². The number of fused-ring (bicyclic) bond motifs is 5. The van der Waals surface area contributed by atoms with Crippen LogP contribution in [0.3, 0.4) is 0 Å². The molecule has 0 saturated carbocycles. The van der Waals surface area contributed by atoms with E-state index in [0.717, 1.165) is 55.5 Å². The first-order chi connectivity index (χ1) is 20.2. The molecule has 8 aromatic rings. The molecule has 0 fully saturated rings. The van der Waals surface area contributed by atoms with Gasteiger partial charge in [-0.2, -0.15) is 9.97 Å². The molecule has 4 aromatic carbocycles. The first-order valence-corrected chi connectivity index (χ1v) is 13.6. The number of halogens is 1. The smallest absolute Gasteiger partial charge is 0.226 e. The Morgan fingerprint density at radius 2 is 1.24 bits per heavy atom. The molecule has 8 rings (SSSR count). The van der Waals surface area contributed by atoms with Crippen molar-refractivity contribution < 1.29 is 0 Å². The minimum atomic E-state index is 0.164. The van der Waals surface area contributed by atoms with Gasteiger partial charge in [-0.25, -0.2) is 9.97 Å². The average molecular weight is 549 g/mol. The number of rotatable bonds is 4. The quantitative estimate of drug-likeness (QED) is 0.239. The Morgan fingerprint density at radius 3 is 2.00 bits per heavy atom. The zero-order valence-electron chi connectivity index (χ0n) is 21.7. The molecule has 0 bridgehead atoms. The zero-order chi connectivity index (χ0) is 27.3. The van der Waals surface area contributed by atoms with E-state index >= 15 is 0 Å². The molecule has 7 heteroatoms. The molecule has 1 N–H and O–H groups in total. The Labute approximate surface area is 240 Å². The highest BCUT2D eigenvalue weighted by atomic mass is 35.5. The van der Waals surface area contributed by atoms with Crippen LogP contribution in [0.4, 0.5) is 0 Å². The topological polar surface area (TPSA) is 72.3 Å². The van der Waals surface area contributed by atoms with Gasteiger partial charge in [-0.3, -0.25) is 0 Å². The van der Waals surface area contributed by atoms with Crippen molar-refractivity contribution in [3.8, 4) is 39.7 Å². The number of nitrogens with zero attached hydrogens (tertiary/aromatic N) is 5. The Morgan fingerprint density at radius 1 is 0.561 bits per heavy atom. The van der Waals surface area contributed by atoms with E-state index in [4.69, 9.17) is 16.6 Å². The van der Waals surface area contributed by atoms with Crippen LogP contribution >= 0.6 is 11.6 Å². The second-order valence-corrected chi connectivity index (χ2v) is 10.2. The highest BCUT2D eigenvalue weighted by Crippen LogP contribution is 2.33. The molecule has 0 spiro atoms. The maximum absolute atomic E-state index is 6.26. The van der Waals surface area contributed by atoms with Crippen molar-refractivity contribution >= 4 is 44.4 Å². The van der Waals surface area contributed by atoms with Crippen LogP contribution < -0.4 is 0 Å². The molecule has 4 heterocycles. The van der Waals surface area contributed by atoms with Crippen molar-refractivity contribution in [1.29, 1.82) is 0 Å². The number of pyridine rings is 1. The first-order valence-electron chi connectivity index (χ1n) is 13.3. The highest BCUT2D eigenvalue weighted by Gasteiger charge is 2.14. The van der Waals surface area contributed by atoms with Crippen LogP contribution in [0.1, 0.15) is 0 Å². The van der Waals surface area contributed by atoms with Crippen molar-refractivity contribution in [3.05, 3.63) is 127 Å². The summed E-state index contributed by atoms with van der Waals surface area (Å²) in [5, 5.41) is 2.43. The van der Waals surface area contributed by atoms with Gasteiger partial charge in [-0.1, -0.05) is 72.8 Å². The number of aromatic nitrogens is 6. The van der Waals surface area contributed by atoms with Crippen LogP contribution in [0.15, 0.2) is 121 Å². The number of H-pyrrole nitrogens is 1. The predicted molar refractivity (Wildman–Crippen MR) is 165 cm³/mol. The third-order valence-electron chi connectivity index (χ3n) is 7.40. The Kier molecular flexibility index (Phi) is 5.40. The fraction of sp³-hybridized carbons (Fsp3) is 0. The summed E-state index contributed by atoms with van der Waals surface area (Å²) in [6.07, 6.45) is 2.12. The minimum absolute atomic E-state index is 0.164. The standard InChI is InChI=1S/C34H21ClN6/c35-34-39-32(22-7-3-1-4-8-22)38-33(40-34)23-13-11-21(12-14-23)27-16-17-28-31(36-27)26-15-18-29-25(30(26)37-28)19-20-41(29)24-9-5-2-6-10-24/h1-20,37H. The van der Waals surface area contributed by atoms with Gasteiger partial charge in [0.1, 0.15) is 0 Å². The Balaban J connectivity index is 1.16. The lowest BCUT2D eigenvalue weighted by Crippen LogP contribution is -1.97. The van der Waals surface area contributed by atoms with E-state index in [1.165, 1.54) is 5.39 Å². The number of hydrogen-bond donors (Lipinski definition) is 1. The molecule has 6 nitrogen and oxygen atoms in total. The number of benzene rings is 4. The maximum Gasteiger partial charge on any atom is 0.226 e. The van der Waals surface area contributed by atoms with E-state index in [-0.39, 0.29) is 5.28 Å². The third-order valence-corrected chi connectivity index (χ3v) is 7.56. The normalized spacial score (nSPS) is 11.5. The monoisotopic (exact) mass is 548 g/mol. The van der Waals surface area contributed by atoms with Crippen LogP contribution in [-0.2, 0) is 0 Å². The summed E-state index contributed by atoms with van der Waals surface area (Å²) in [5.41, 5.74) is 8.98. The summed E-state index contributed by atoms with van der Waals surface area (Å²) in [6.45, 7) is 0. The van der Waals surface area contributed by atoms with E-state index in [0.29, 0.717) is 11.6 Å². The fourth-order valence-electron chi connectivity index (χ4n) is 5.41. The van der Waals surface area contributed by atoms with Gasteiger partial charge < -0.3 is 9.55 Å². The van der Waals surface area contributed by atoms with E-state index < -0.39 is 0 Å². The molecule has 194 valence electrons. The van der Waals surface area contributed by atoms with Crippen LogP contribution in [0.5, 0.6) is 0 Å². The van der Waals surface area contributed by atoms with Crippen LogP contribution in [0.2, 0.25) is 5.28 Å². The molecule has 0 unspecified atom stereocenters. The van der Waals surface area contributed by atoms with Crippen molar-refractivity contribution in [2.45, 2.75) is 0 Å². The molecule has 4 aromatic heterocycles. The summed E-state index contributed by atoms with van der Waals surface area (Å²) in [5.74, 6) is 1.08. The lowest BCUT2D eigenvalue weighted by molar-refractivity contribution is 1.07. The van der Waals surface area contributed by atoms with Crippen LogP contribution in [0, 0.1) is 0 Å². The second-order valence-electron chi connectivity index (χ2n) is 9.85. The summed E-state index contributed by atoms with van der Waals surface area (Å²) >= 11 is 6.26. The lowest BCUT2D eigenvalue weighted by atomic mass is 10.1. The molecule has 0 aliphatic carbocycles. The van der Waals surface area contributed by atoms with Gasteiger partial charge in [-0.15, -0.1) is 0 Å². The number of para-hydroxylation sites is 1. The Hall–Kier alpha value is -5.33. The molecule has 0 saturated heterocycles. The van der Waals surface area contributed by atoms with E-state index in [2.05, 4.69) is 79.2 Å². The molecule has 0 aliphatic rings. The van der Waals surface area contributed by atoms with Gasteiger partial charge in [0.25, 0.3) is 0 Å². The van der Waals surface area contributed by atoms with Gasteiger partial charge >= 0.3 is 0 Å². The minimum Gasteiger partial charge on any atom is -0.353 e. The zero-order valence-corrected chi connectivity index (χ0v) is 22.4. The number of hydrogen-bond acceptors (Lipinski definition) is 4. The Bertz CT molecular complexity index is 2200. The van der Waals surface area contributed by atoms with Crippen molar-refractivity contribution in [2.24, 2.45) is 0 Å². The molecule has 41 heavy (non-hydrogen) atoms. The molecule has 0 atom stereocenters. The SMILES string of the molecule is Clc1nc(-c2ccccc2)nc(-c2ccc(-c3ccc4[nH]c5c(ccc6c5ccn6-c5ccccc5)c4n3)cc2)n1. The highest BCUT2D eigenvalue weighted by molar-refractivity contribution is 6.28. The maximum atomic E-state index is 6.26. The predicted octanol–water partition coefficient (Wildman–Crippen LogP) is 8.50. The molecule has 0 amide bonds. The third kappa shape index (κ3) is 4.04. The second kappa shape index (κ2) is 9.40. The van der Waals surface area contributed by atoms with Crippen molar-refractivity contribution in [3.63, 3.8) is 0 Å². The van der Waals surface area contributed by atoms with Gasteiger partial charge in [0.05, 0.1) is 27.8 Å². The van der Waals surface area contributed by atoms with Gasteiger partial charge in [0.15, 0.2) is 11.6 Å². The summed E-state index contributed by atoms with van der Waals surface area (Å²) < 4.78 is 2.21.